The molecule has 0 aliphatic heterocycles. The van der Waals surface area contributed by atoms with Gasteiger partial charge in [0.05, 0.1) is 0 Å². The van der Waals surface area contributed by atoms with Crippen LogP contribution in [0.25, 0.3) is 5.78 Å². The summed E-state index contributed by atoms with van der Waals surface area (Å²) in [6.45, 7) is 3.40. The van der Waals surface area contributed by atoms with Gasteiger partial charge in [0, 0.05) is 5.69 Å². The molecule has 0 unspecified atom stereocenters. The smallest absolute Gasteiger partial charge is 0.433 e. The van der Waals surface area contributed by atoms with E-state index in [0.29, 0.717) is 4.52 Å². The lowest BCUT2D eigenvalue weighted by Gasteiger charge is -2.11. The third-order valence-corrected chi connectivity index (χ3v) is 2.57. The number of carboxylic acid groups (broad SMARTS) is 1. The zero-order valence-corrected chi connectivity index (χ0v) is 10.6. The maximum absolute atomic E-state index is 13.0. The summed E-state index contributed by atoms with van der Waals surface area (Å²) in [7, 11) is 0. The average Bonchev–Trinajstić information content (AvgIpc) is 2.66. The molecule has 2 aromatic rings. The lowest BCUT2D eigenvalue weighted by molar-refractivity contribution is -0.142. The first-order valence-corrected chi connectivity index (χ1v) is 5.74. The Balaban J connectivity index is 2.67. The maximum Gasteiger partial charge on any atom is 0.433 e. The Morgan fingerprint density at radius 2 is 2.05 bits per heavy atom. The zero-order chi connectivity index (χ0) is 15.1. The first-order valence-electron chi connectivity index (χ1n) is 5.74. The first-order chi connectivity index (χ1) is 9.18. The maximum atomic E-state index is 13.0. The van der Waals surface area contributed by atoms with Crippen molar-refractivity contribution in [1.29, 1.82) is 0 Å². The van der Waals surface area contributed by atoms with Crippen LogP contribution in [0.1, 0.15) is 37.0 Å². The van der Waals surface area contributed by atoms with Crippen LogP contribution in [0, 0.1) is 0 Å². The van der Waals surface area contributed by atoms with E-state index in [-0.39, 0.29) is 23.2 Å². The molecule has 2 rings (SSSR count). The van der Waals surface area contributed by atoms with Crippen LogP contribution in [0.2, 0.25) is 0 Å². The van der Waals surface area contributed by atoms with Crippen molar-refractivity contribution in [2.24, 2.45) is 0 Å². The molecule has 1 N–H and O–H groups in total. The fourth-order valence-electron chi connectivity index (χ4n) is 1.64. The lowest BCUT2D eigenvalue weighted by Crippen LogP contribution is -2.15. The van der Waals surface area contributed by atoms with E-state index in [9.17, 15) is 18.0 Å². The number of hydrogen-bond donors (Lipinski definition) is 1. The topological polar surface area (TPSA) is 80.4 Å². The SMILES string of the molecule is CC(C)c1cc(C(F)(F)F)n2nc(CC(=O)O)nc2n1. The number of hydrogen-bond acceptors (Lipinski definition) is 4. The molecule has 6 nitrogen and oxygen atoms in total. The third-order valence-electron chi connectivity index (χ3n) is 2.57. The molecule has 0 saturated heterocycles. The van der Waals surface area contributed by atoms with E-state index in [1.165, 1.54) is 0 Å². The van der Waals surface area contributed by atoms with Gasteiger partial charge in [-0.2, -0.15) is 22.7 Å². The quantitative estimate of drug-likeness (QED) is 0.932. The van der Waals surface area contributed by atoms with Crippen LogP contribution in [0.4, 0.5) is 13.2 Å². The Morgan fingerprint density at radius 1 is 1.40 bits per heavy atom. The van der Waals surface area contributed by atoms with E-state index in [4.69, 9.17) is 5.11 Å². The van der Waals surface area contributed by atoms with Gasteiger partial charge in [-0.3, -0.25) is 4.79 Å². The molecule has 9 heteroatoms. The first kappa shape index (κ1) is 14.2. The predicted octanol–water partition coefficient (Wildman–Crippen LogP) is 1.89. The Kier molecular flexibility index (Phi) is 3.36. The number of fused-ring (bicyclic) bond motifs is 1. The number of halogens is 3. The van der Waals surface area contributed by atoms with Gasteiger partial charge >= 0.3 is 12.1 Å². The molecule has 2 aromatic heterocycles. The third kappa shape index (κ3) is 2.70. The average molecular weight is 288 g/mol. The van der Waals surface area contributed by atoms with Crippen LogP contribution < -0.4 is 0 Å². The monoisotopic (exact) mass is 288 g/mol. The van der Waals surface area contributed by atoms with Crippen LogP contribution >= 0.6 is 0 Å². The van der Waals surface area contributed by atoms with Crippen molar-refractivity contribution < 1.29 is 23.1 Å². The molecular weight excluding hydrogens is 277 g/mol. The second-order valence-corrected chi connectivity index (χ2v) is 4.53. The van der Waals surface area contributed by atoms with E-state index in [0.717, 1.165) is 6.07 Å². The highest BCUT2D eigenvalue weighted by Crippen LogP contribution is 2.30. The number of aliphatic carboxylic acids is 1. The molecule has 0 radical (unpaired) electrons. The Labute approximate surface area is 111 Å². The van der Waals surface area contributed by atoms with Crippen molar-refractivity contribution in [2.75, 3.05) is 0 Å². The second kappa shape index (κ2) is 4.73. The second-order valence-electron chi connectivity index (χ2n) is 4.53. The van der Waals surface area contributed by atoms with E-state index in [1.807, 2.05) is 0 Å². The number of carbonyl (C=O) groups is 1. The molecule has 0 atom stereocenters. The van der Waals surface area contributed by atoms with Gasteiger partial charge in [-0.25, -0.2) is 4.98 Å². The molecule has 0 aliphatic rings. The van der Waals surface area contributed by atoms with E-state index >= 15 is 0 Å². The van der Waals surface area contributed by atoms with Gasteiger partial charge in [0.25, 0.3) is 5.78 Å². The lowest BCUT2D eigenvalue weighted by atomic mass is 10.1. The van der Waals surface area contributed by atoms with Crippen molar-refractivity contribution in [3.63, 3.8) is 0 Å². The Morgan fingerprint density at radius 3 is 2.55 bits per heavy atom. The molecule has 2 heterocycles. The molecule has 0 amide bonds. The summed E-state index contributed by atoms with van der Waals surface area (Å²) >= 11 is 0. The predicted molar refractivity (Wildman–Crippen MR) is 61.2 cm³/mol. The van der Waals surface area contributed by atoms with Crippen molar-refractivity contribution in [2.45, 2.75) is 32.4 Å². The zero-order valence-electron chi connectivity index (χ0n) is 10.6. The molecule has 108 valence electrons. The minimum absolute atomic E-state index is 0.212. The highest BCUT2D eigenvalue weighted by atomic mass is 19.4. The summed E-state index contributed by atoms with van der Waals surface area (Å²) in [6.07, 6.45) is -5.18. The van der Waals surface area contributed by atoms with Gasteiger partial charge < -0.3 is 5.11 Å². The van der Waals surface area contributed by atoms with Crippen LogP contribution in [0.3, 0.4) is 0 Å². The van der Waals surface area contributed by atoms with E-state index in [2.05, 4.69) is 15.1 Å². The molecule has 0 saturated carbocycles. The van der Waals surface area contributed by atoms with Crippen molar-refractivity contribution in [3.8, 4) is 0 Å². The number of carboxylic acids is 1. The molecule has 0 aromatic carbocycles. The van der Waals surface area contributed by atoms with Gasteiger partial charge in [0.2, 0.25) is 0 Å². The standard InChI is InChI=1S/C11H11F3N4O2/c1-5(2)6-3-7(11(12,13)14)18-10(15-6)16-8(17-18)4-9(19)20/h3,5H,4H2,1-2H3,(H,19,20). The summed E-state index contributed by atoms with van der Waals surface area (Å²) in [5.74, 6) is -1.91. The number of alkyl halides is 3. The molecule has 0 aliphatic carbocycles. The van der Waals surface area contributed by atoms with Crippen LogP contribution in [0.5, 0.6) is 0 Å². The van der Waals surface area contributed by atoms with Crippen LogP contribution in [-0.4, -0.2) is 30.7 Å². The molecule has 0 spiro atoms. The summed E-state index contributed by atoms with van der Waals surface area (Å²) < 4.78 is 39.5. The summed E-state index contributed by atoms with van der Waals surface area (Å²) in [4.78, 5) is 18.3. The summed E-state index contributed by atoms with van der Waals surface area (Å²) in [6, 6.07) is 0.900. The molecule has 0 bridgehead atoms. The summed E-state index contributed by atoms with van der Waals surface area (Å²) in [5, 5.41) is 12.2. The van der Waals surface area contributed by atoms with Gasteiger partial charge in [-0.1, -0.05) is 13.8 Å². The highest BCUT2D eigenvalue weighted by Gasteiger charge is 2.35. The molecule has 20 heavy (non-hydrogen) atoms. The van der Waals surface area contributed by atoms with Crippen molar-refractivity contribution in [3.05, 3.63) is 23.3 Å². The van der Waals surface area contributed by atoms with Gasteiger partial charge in [-0.05, 0) is 12.0 Å². The number of rotatable bonds is 3. The van der Waals surface area contributed by atoms with Gasteiger partial charge in [0.1, 0.15) is 6.42 Å². The fraction of sp³-hybridized carbons (Fsp3) is 0.455. The minimum atomic E-state index is -4.63. The van der Waals surface area contributed by atoms with Crippen LogP contribution in [0.15, 0.2) is 6.07 Å². The fourth-order valence-corrected chi connectivity index (χ4v) is 1.64. The highest BCUT2D eigenvalue weighted by molar-refractivity contribution is 5.69. The number of aromatic nitrogens is 4. The van der Waals surface area contributed by atoms with Gasteiger partial charge in [-0.15, -0.1) is 5.10 Å². The largest absolute Gasteiger partial charge is 0.481 e. The van der Waals surface area contributed by atoms with Crippen molar-refractivity contribution >= 4 is 11.7 Å². The minimum Gasteiger partial charge on any atom is -0.481 e. The summed E-state index contributed by atoms with van der Waals surface area (Å²) in [5.41, 5.74) is -0.797. The van der Waals surface area contributed by atoms with E-state index < -0.39 is 24.3 Å². The van der Waals surface area contributed by atoms with E-state index in [1.54, 1.807) is 13.8 Å². The van der Waals surface area contributed by atoms with Gasteiger partial charge in [0.15, 0.2) is 11.5 Å². The Hall–Kier alpha value is -2.19. The van der Waals surface area contributed by atoms with Crippen LogP contribution in [-0.2, 0) is 17.4 Å². The Bertz CT molecular complexity index is 663. The molecular formula is C11H11F3N4O2. The number of nitrogens with zero attached hydrogens (tertiary/aromatic N) is 4. The normalized spacial score (nSPS) is 12.3. The van der Waals surface area contributed by atoms with Crippen molar-refractivity contribution in [1.82, 2.24) is 19.6 Å². The molecule has 0 fully saturated rings.